The smallest absolute Gasteiger partial charge is 0.374 e. The molecular weight excluding hydrogens is 502 g/mol. The van der Waals surface area contributed by atoms with Crippen LogP contribution in [0.5, 0.6) is 0 Å². The molecule has 0 bridgehead atoms. The Bertz CT molecular complexity index is 1080. The van der Waals surface area contributed by atoms with E-state index in [0.29, 0.717) is 10.4 Å². The van der Waals surface area contributed by atoms with Crippen molar-refractivity contribution in [3.63, 3.8) is 0 Å². The van der Waals surface area contributed by atoms with E-state index in [9.17, 15) is 22.8 Å². The standard InChI is InChI=1S/C18H13Cl3F3N3O3S/c1-7-2-12(31-15(7)16(29)26-6-13(25)28)11-5-17(30-27-11,18(22,23)24)8-3-9(19)14(21)10(20)4-8/h2-4H,5-6H2,1H3,(H2,25,28)(H,26,29). The van der Waals surface area contributed by atoms with Crippen molar-refractivity contribution in [1.82, 2.24) is 5.32 Å². The highest BCUT2D eigenvalue weighted by Gasteiger charge is 2.62. The fourth-order valence-corrected chi connectivity index (χ4v) is 4.59. The number of carbonyl (C=O) groups is 2. The van der Waals surface area contributed by atoms with Gasteiger partial charge in [0.2, 0.25) is 5.91 Å². The van der Waals surface area contributed by atoms with Gasteiger partial charge in [0.05, 0.1) is 37.8 Å². The molecule has 1 aliphatic heterocycles. The Hall–Kier alpha value is -2.01. The van der Waals surface area contributed by atoms with Crippen LogP contribution in [0.2, 0.25) is 15.1 Å². The molecule has 0 saturated heterocycles. The topological polar surface area (TPSA) is 93.8 Å². The second-order valence-corrected chi connectivity index (χ2v) is 8.90. The number of hydrogen-bond acceptors (Lipinski definition) is 5. The Labute approximate surface area is 193 Å². The van der Waals surface area contributed by atoms with Crippen molar-refractivity contribution >= 4 is 63.7 Å². The van der Waals surface area contributed by atoms with Crippen LogP contribution in [-0.2, 0) is 15.2 Å². The summed E-state index contributed by atoms with van der Waals surface area (Å²) in [7, 11) is 0. The van der Waals surface area contributed by atoms with Gasteiger partial charge in [0, 0.05) is 5.56 Å². The molecule has 0 saturated carbocycles. The summed E-state index contributed by atoms with van der Waals surface area (Å²) in [6.45, 7) is 1.23. The number of carbonyl (C=O) groups excluding carboxylic acids is 2. The number of thiophene rings is 1. The van der Waals surface area contributed by atoms with Crippen LogP contribution in [0.1, 0.15) is 32.1 Å². The molecule has 1 aromatic carbocycles. The fraction of sp³-hybridized carbons (Fsp3) is 0.278. The molecule has 3 N–H and O–H groups in total. The highest BCUT2D eigenvalue weighted by molar-refractivity contribution is 7.16. The van der Waals surface area contributed by atoms with Gasteiger partial charge >= 0.3 is 6.18 Å². The number of nitrogens with zero attached hydrogens (tertiary/aromatic N) is 1. The van der Waals surface area contributed by atoms with Crippen LogP contribution in [0.4, 0.5) is 13.2 Å². The van der Waals surface area contributed by atoms with Crippen LogP contribution in [0.25, 0.3) is 0 Å². The second-order valence-electron chi connectivity index (χ2n) is 6.66. The SMILES string of the molecule is Cc1cc(C2=NOC(c3cc(Cl)c(Cl)c(Cl)c3)(C(F)(F)F)C2)sc1C(=O)NCC(N)=O. The van der Waals surface area contributed by atoms with Gasteiger partial charge in [0.1, 0.15) is 5.71 Å². The third-order valence-corrected chi connectivity index (χ3v) is 6.95. The highest BCUT2D eigenvalue weighted by atomic mass is 35.5. The van der Waals surface area contributed by atoms with E-state index in [0.717, 1.165) is 23.5 Å². The van der Waals surface area contributed by atoms with E-state index in [1.807, 2.05) is 0 Å². The lowest BCUT2D eigenvalue weighted by Gasteiger charge is -2.29. The van der Waals surface area contributed by atoms with Gasteiger partial charge in [0.25, 0.3) is 11.5 Å². The van der Waals surface area contributed by atoms with E-state index < -0.39 is 30.0 Å². The normalized spacial score (nSPS) is 18.5. The zero-order valence-electron chi connectivity index (χ0n) is 15.6. The van der Waals surface area contributed by atoms with Crippen molar-refractivity contribution in [2.45, 2.75) is 25.1 Å². The highest BCUT2D eigenvalue weighted by Crippen LogP contribution is 2.51. The Balaban J connectivity index is 1.94. The van der Waals surface area contributed by atoms with Crippen molar-refractivity contribution in [2.75, 3.05) is 6.54 Å². The zero-order valence-corrected chi connectivity index (χ0v) is 18.7. The minimum atomic E-state index is -4.87. The molecule has 1 aromatic heterocycles. The molecule has 166 valence electrons. The van der Waals surface area contributed by atoms with Gasteiger partial charge in [-0.15, -0.1) is 11.3 Å². The van der Waals surface area contributed by atoms with E-state index in [-0.39, 0.29) is 37.8 Å². The van der Waals surface area contributed by atoms with Crippen LogP contribution in [0.3, 0.4) is 0 Å². The van der Waals surface area contributed by atoms with Crippen LogP contribution in [0, 0.1) is 6.92 Å². The van der Waals surface area contributed by atoms with Crippen LogP contribution in [0.15, 0.2) is 23.4 Å². The number of benzene rings is 1. The van der Waals surface area contributed by atoms with Crippen molar-refractivity contribution in [2.24, 2.45) is 10.9 Å². The number of oxime groups is 1. The summed E-state index contributed by atoms with van der Waals surface area (Å²) in [6.07, 6.45) is -5.54. The summed E-state index contributed by atoms with van der Waals surface area (Å²) in [6, 6.07) is 3.58. The lowest BCUT2D eigenvalue weighted by atomic mass is 9.88. The molecule has 1 unspecified atom stereocenters. The summed E-state index contributed by atoms with van der Waals surface area (Å²) in [5.74, 6) is -1.31. The molecule has 0 radical (unpaired) electrons. The molecule has 6 nitrogen and oxygen atoms in total. The first-order chi connectivity index (χ1) is 14.4. The molecule has 2 amide bonds. The van der Waals surface area contributed by atoms with Gasteiger partial charge in [-0.05, 0) is 30.7 Å². The maximum Gasteiger partial charge on any atom is 0.435 e. The zero-order chi connectivity index (χ0) is 23.1. The number of halogens is 6. The first kappa shape index (κ1) is 23.6. The number of nitrogens with two attached hydrogens (primary N) is 1. The van der Waals surface area contributed by atoms with E-state index in [1.165, 1.54) is 6.07 Å². The quantitative estimate of drug-likeness (QED) is 0.561. The number of rotatable bonds is 5. The molecule has 31 heavy (non-hydrogen) atoms. The molecule has 3 rings (SSSR count). The van der Waals surface area contributed by atoms with Gasteiger partial charge in [-0.2, -0.15) is 13.2 Å². The number of alkyl halides is 3. The summed E-state index contributed by atoms with van der Waals surface area (Å²) >= 11 is 18.6. The largest absolute Gasteiger partial charge is 0.435 e. The molecule has 1 aliphatic rings. The maximum atomic E-state index is 14.1. The predicted molar refractivity (Wildman–Crippen MR) is 112 cm³/mol. The number of hydrogen-bond donors (Lipinski definition) is 2. The third-order valence-electron chi connectivity index (χ3n) is 4.47. The minimum Gasteiger partial charge on any atom is -0.374 e. The number of nitrogens with one attached hydrogen (secondary N) is 1. The second kappa shape index (κ2) is 8.50. The minimum absolute atomic E-state index is 0.0124. The van der Waals surface area contributed by atoms with E-state index in [1.54, 1.807) is 6.92 Å². The predicted octanol–water partition coefficient (Wildman–Crippen LogP) is 4.81. The molecule has 2 aromatic rings. The van der Waals surface area contributed by atoms with Crippen LogP contribution < -0.4 is 11.1 Å². The van der Waals surface area contributed by atoms with E-state index >= 15 is 0 Å². The van der Waals surface area contributed by atoms with Gasteiger partial charge in [-0.1, -0.05) is 40.0 Å². The Morgan fingerprint density at radius 2 is 1.87 bits per heavy atom. The summed E-state index contributed by atoms with van der Waals surface area (Å²) in [5.41, 5.74) is 2.30. The Morgan fingerprint density at radius 3 is 2.42 bits per heavy atom. The van der Waals surface area contributed by atoms with Crippen molar-refractivity contribution in [3.05, 3.63) is 54.1 Å². The number of primary amides is 1. The number of aryl methyl sites for hydroxylation is 1. The maximum absolute atomic E-state index is 14.1. The van der Waals surface area contributed by atoms with Gasteiger partial charge in [0.15, 0.2) is 0 Å². The summed E-state index contributed by atoms with van der Waals surface area (Å²) in [4.78, 5) is 28.5. The average Bonchev–Trinajstić information content (AvgIpc) is 3.28. The lowest BCUT2D eigenvalue weighted by Crippen LogP contribution is -2.42. The van der Waals surface area contributed by atoms with E-state index in [4.69, 9.17) is 45.4 Å². The Kier molecular flexibility index (Phi) is 6.48. The van der Waals surface area contributed by atoms with Crippen molar-refractivity contribution < 1.29 is 27.6 Å². The molecule has 2 heterocycles. The average molecular weight is 515 g/mol. The monoisotopic (exact) mass is 513 g/mol. The van der Waals surface area contributed by atoms with E-state index in [2.05, 4.69) is 10.5 Å². The summed E-state index contributed by atoms with van der Waals surface area (Å²) < 4.78 is 42.4. The fourth-order valence-electron chi connectivity index (χ4n) is 2.92. The van der Waals surface area contributed by atoms with Crippen molar-refractivity contribution in [1.29, 1.82) is 0 Å². The van der Waals surface area contributed by atoms with Gasteiger partial charge in [-0.25, -0.2) is 0 Å². The van der Waals surface area contributed by atoms with Crippen molar-refractivity contribution in [3.8, 4) is 0 Å². The molecule has 1 atom stereocenters. The molecular formula is C18H13Cl3F3N3O3S. The number of amides is 2. The molecule has 13 heteroatoms. The van der Waals surface area contributed by atoms with Crippen LogP contribution >= 0.6 is 46.1 Å². The molecule has 0 fully saturated rings. The van der Waals surface area contributed by atoms with Gasteiger partial charge < -0.3 is 15.9 Å². The third kappa shape index (κ3) is 4.48. The molecule has 0 spiro atoms. The first-order valence-electron chi connectivity index (χ1n) is 8.50. The molecule has 0 aliphatic carbocycles. The summed E-state index contributed by atoms with van der Waals surface area (Å²) in [5, 5.41) is 5.58. The lowest BCUT2D eigenvalue weighted by molar-refractivity contribution is -0.275. The first-order valence-corrected chi connectivity index (χ1v) is 10.4. The van der Waals surface area contributed by atoms with Crippen LogP contribution in [-0.4, -0.2) is 30.2 Å². The van der Waals surface area contributed by atoms with Gasteiger partial charge in [-0.3, -0.25) is 9.59 Å². The Morgan fingerprint density at radius 1 is 1.26 bits per heavy atom.